The van der Waals surface area contributed by atoms with Crippen LogP contribution in [0.4, 0.5) is 0 Å². The Bertz CT molecular complexity index is 177. The monoisotopic (exact) mass is 228 g/mol. The number of nitrogens with zero attached hydrogens (tertiary/aromatic N) is 1. The molecule has 0 saturated carbocycles. The molecule has 1 heterocycles. The molecule has 16 heavy (non-hydrogen) atoms. The van der Waals surface area contributed by atoms with Crippen molar-refractivity contribution in [3.63, 3.8) is 0 Å². The Labute approximate surface area is 101 Å². The lowest BCUT2D eigenvalue weighted by Crippen LogP contribution is -2.46. The molecule has 0 amide bonds. The van der Waals surface area contributed by atoms with Gasteiger partial charge in [0.2, 0.25) is 0 Å². The molecule has 0 bridgehead atoms. The summed E-state index contributed by atoms with van der Waals surface area (Å²) >= 11 is 0. The van der Waals surface area contributed by atoms with Gasteiger partial charge in [0, 0.05) is 31.3 Å². The maximum absolute atomic E-state index is 5.43. The van der Waals surface area contributed by atoms with Gasteiger partial charge in [0.25, 0.3) is 0 Å². The van der Waals surface area contributed by atoms with Crippen molar-refractivity contribution in [2.45, 2.75) is 58.2 Å². The van der Waals surface area contributed by atoms with Crippen molar-refractivity contribution < 1.29 is 4.74 Å². The molecule has 3 heteroatoms. The maximum atomic E-state index is 5.43. The minimum atomic E-state index is 0.590. The SMILES string of the molecule is CCC(CC)NCC(C)N(C)C1CCOC1. The largest absolute Gasteiger partial charge is 0.380 e. The van der Waals surface area contributed by atoms with Crippen molar-refractivity contribution in [2.24, 2.45) is 0 Å². The quantitative estimate of drug-likeness (QED) is 0.720. The van der Waals surface area contributed by atoms with Crippen molar-refractivity contribution in [3.05, 3.63) is 0 Å². The van der Waals surface area contributed by atoms with E-state index in [0.29, 0.717) is 18.1 Å². The lowest BCUT2D eigenvalue weighted by Gasteiger charge is -2.31. The second-order valence-corrected chi connectivity index (χ2v) is 4.95. The Morgan fingerprint density at radius 3 is 2.56 bits per heavy atom. The molecule has 1 rings (SSSR count). The average molecular weight is 228 g/mol. The predicted molar refractivity (Wildman–Crippen MR) is 68.8 cm³/mol. The highest BCUT2D eigenvalue weighted by atomic mass is 16.5. The molecule has 0 aromatic heterocycles. The summed E-state index contributed by atoms with van der Waals surface area (Å²) in [6.07, 6.45) is 3.63. The fraction of sp³-hybridized carbons (Fsp3) is 1.00. The summed E-state index contributed by atoms with van der Waals surface area (Å²) in [6.45, 7) is 9.72. The summed E-state index contributed by atoms with van der Waals surface area (Å²) in [5, 5.41) is 3.64. The zero-order valence-electron chi connectivity index (χ0n) is 11.3. The van der Waals surface area contributed by atoms with Crippen LogP contribution in [-0.2, 0) is 4.74 Å². The number of hydrogen-bond acceptors (Lipinski definition) is 3. The van der Waals surface area contributed by atoms with Crippen molar-refractivity contribution in [2.75, 3.05) is 26.8 Å². The van der Waals surface area contributed by atoms with E-state index in [1.807, 2.05) is 0 Å². The summed E-state index contributed by atoms with van der Waals surface area (Å²) in [4.78, 5) is 2.46. The summed E-state index contributed by atoms with van der Waals surface area (Å²) in [5.74, 6) is 0. The van der Waals surface area contributed by atoms with Gasteiger partial charge in [-0.2, -0.15) is 0 Å². The van der Waals surface area contributed by atoms with Crippen molar-refractivity contribution in [3.8, 4) is 0 Å². The van der Waals surface area contributed by atoms with Gasteiger partial charge in [-0.15, -0.1) is 0 Å². The molecule has 3 nitrogen and oxygen atoms in total. The highest BCUT2D eigenvalue weighted by Crippen LogP contribution is 2.13. The Kier molecular flexibility index (Phi) is 6.32. The third kappa shape index (κ3) is 4.04. The van der Waals surface area contributed by atoms with Crippen LogP contribution >= 0.6 is 0 Å². The van der Waals surface area contributed by atoms with Crippen LogP contribution in [0.15, 0.2) is 0 Å². The summed E-state index contributed by atoms with van der Waals surface area (Å²) in [6, 6.07) is 1.89. The third-order valence-electron chi connectivity index (χ3n) is 3.86. The van der Waals surface area contributed by atoms with Gasteiger partial charge in [0.15, 0.2) is 0 Å². The minimum Gasteiger partial charge on any atom is -0.380 e. The number of rotatable bonds is 7. The Balaban J connectivity index is 2.24. The molecule has 1 saturated heterocycles. The predicted octanol–water partition coefficient (Wildman–Crippen LogP) is 1.87. The van der Waals surface area contributed by atoms with E-state index in [1.54, 1.807) is 0 Å². The number of hydrogen-bond donors (Lipinski definition) is 1. The fourth-order valence-corrected chi connectivity index (χ4v) is 2.26. The van der Waals surface area contributed by atoms with Crippen LogP contribution in [-0.4, -0.2) is 49.8 Å². The normalized spacial score (nSPS) is 23.2. The third-order valence-corrected chi connectivity index (χ3v) is 3.86. The lowest BCUT2D eigenvalue weighted by molar-refractivity contribution is 0.135. The van der Waals surface area contributed by atoms with Gasteiger partial charge in [-0.1, -0.05) is 13.8 Å². The minimum absolute atomic E-state index is 0.590. The van der Waals surface area contributed by atoms with Crippen LogP contribution in [0.2, 0.25) is 0 Å². The van der Waals surface area contributed by atoms with Crippen molar-refractivity contribution >= 4 is 0 Å². The van der Waals surface area contributed by atoms with Crippen LogP contribution in [0.1, 0.15) is 40.0 Å². The first-order chi connectivity index (χ1) is 7.69. The van der Waals surface area contributed by atoms with E-state index in [2.05, 4.69) is 38.0 Å². The first kappa shape index (κ1) is 13.9. The molecule has 0 spiro atoms. The van der Waals surface area contributed by atoms with E-state index in [1.165, 1.54) is 19.3 Å². The van der Waals surface area contributed by atoms with E-state index in [0.717, 1.165) is 19.8 Å². The Morgan fingerprint density at radius 2 is 2.06 bits per heavy atom. The average Bonchev–Trinajstić information content (AvgIpc) is 2.82. The van der Waals surface area contributed by atoms with Gasteiger partial charge in [0.1, 0.15) is 0 Å². The summed E-state index contributed by atoms with van der Waals surface area (Å²) in [7, 11) is 2.22. The van der Waals surface area contributed by atoms with E-state index in [4.69, 9.17) is 4.74 Å². The number of likely N-dealkylation sites (N-methyl/N-ethyl adjacent to an activating group) is 1. The van der Waals surface area contributed by atoms with Gasteiger partial charge in [0.05, 0.1) is 6.61 Å². The zero-order chi connectivity index (χ0) is 12.0. The van der Waals surface area contributed by atoms with Gasteiger partial charge in [-0.25, -0.2) is 0 Å². The zero-order valence-corrected chi connectivity index (χ0v) is 11.3. The molecule has 1 aliphatic rings. The maximum Gasteiger partial charge on any atom is 0.0622 e. The molecular weight excluding hydrogens is 200 g/mol. The molecule has 2 unspecified atom stereocenters. The Morgan fingerprint density at radius 1 is 1.38 bits per heavy atom. The van der Waals surface area contributed by atoms with Crippen LogP contribution in [0.3, 0.4) is 0 Å². The molecule has 0 aromatic carbocycles. The molecule has 1 N–H and O–H groups in total. The van der Waals surface area contributed by atoms with Gasteiger partial charge < -0.3 is 10.1 Å². The molecule has 2 atom stereocenters. The fourth-order valence-electron chi connectivity index (χ4n) is 2.26. The summed E-state index contributed by atoms with van der Waals surface area (Å²) < 4.78 is 5.43. The van der Waals surface area contributed by atoms with E-state index in [-0.39, 0.29) is 0 Å². The van der Waals surface area contributed by atoms with Gasteiger partial charge >= 0.3 is 0 Å². The van der Waals surface area contributed by atoms with Crippen molar-refractivity contribution in [1.29, 1.82) is 0 Å². The first-order valence-electron chi connectivity index (χ1n) is 6.72. The lowest BCUT2D eigenvalue weighted by atomic mass is 10.1. The topological polar surface area (TPSA) is 24.5 Å². The molecule has 96 valence electrons. The first-order valence-corrected chi connectivity index (χ1v) is 6.72. The smallest absolute Gasteiger partial charge is 0.0622 e. The Hall–Kier alpha value is -0.120. The number of ether oxygens (including phenoxy) is 1. The molecule has 0 aromatic rings. The highest BCUT2D eigenvalue weighted by molar-refractivity contribution is 4.79. The van der Waals surface area contributed by atoms with Gasteiger partial charge in [-0.05, 0) is 33.2 Å². The van der Waals surface area contributed by atoms with Crippen molar-refractivity contribution in [1.82, 2.24) is 10.2 Å². The van der Waals surface area contributed by atoms with Crippen LogP contribution in [0.5, 0.6) is 0 Å². The molecule has 1 fully saturated rings. The second kappa shape index (κ2) is 7.25. The molecule has 0 aliphatic carbocycles. The van der Waals surface area contributed by atoms with Gasteiger partial charge in [-0.3, -0.25) is 4.90 Å². The summed E-state index contributed by atoms with van der Waals surface area (Å²) in [5.41, 5.74) is 0. The van der Waals surface area contributed by atoms with E-state index in [9.17, 15) is 0 Å². The second-order valence-electron chi connectivity index (χ2n) is 4.95. The number of nitrogens with one attached hydrogen (secondary N) is 1. The molecule has 1 aliphatic heterocycles. The molecular formula is C13H28N2O. The standard InChI is InChI=1S/C13H28N2O/c1-5-12(6-2)14-9-11(3)15(4)13-7-8-16-10-13/h11-14H,5-10H2,1-4H3. The highest BCUT2D eigenvalue weighted by Gasteiger charge is 2.23. The molecule has 0 radical (unpaired) electrons. The van der Waals surface area contributed by atoms with Crippen LogP contribution in [0, 0.1) is 0 Å². The van der Waals surface area contributed by atoms with Crippen LogP contribution < -0.4 is 5.32 Å². The van der Waals surface area contributed by atoms with E-state index >= 15 is 0 Å². The van der Waals surface area contributed by atoms with E-state index < -0.39 is 0 Å². The van der Waals surface area contributed by atoms with Crippen LogP contribution in [0.25, 0.3) is 0 Å².